The van der Waals surface area contributed by atoms with E-state index in [1.165, 1.54) is 24.3 Å². The van der Waals surface area contributed by atoms with Crippen molar-refractivity contribution in [1.29, 1.82) is 0 Å². The van der Waals surface area contributed by atoms with Gasteiger partial charge in [-0.25, -0.2) is 12.8 Å². The van der Waals surface area contributed by atoms with Crippen LogP contribution in [0.4, 0.5) is 15.8 Å². The van der Waals surface area contributed by atoms with Gasteiger partial charge in [-0.05, 0) is 72.9 Å². The number of halogens is 1. The van der Waals surface area contributed by atoms with Crippen LogP contribution in [0.25, 0.3) is 0 Å². The molecule has 1 amide bonds. The normalized spacial score (nSPS) is 26.8. The van der Waals surface area contributed by atoms with Crippen LogP contribution in [0.2, 0.25) is 0 Å². The molecule has 6 rings (SSSR count). The molecule has 2 bridgehead atoms. The number of carbonyl (C=O) groups excluding carboxylic acids is 1. The molecule has 0 aromatic heterocycles. The fourth-order valence-corrected chi connectivity index (χ4v) is 8.06. The molecule has 0 spiro atoms. The Morgan fingerprint density at radius 1 is 1.15 bits per heavy atom. The summed E-state index contributed by atoms with van der Waals surface area (Å²) in [7, 11) is -8.03. The van der Waals surface area contributed by atoms with Crippen molar-refractivity contribution >= 4 is 43.2 Å². The Hall–Kier alpha value is -1.81. The van der Waals surface area contributed by atoms with E-state index in [9.17, 15) is 31.1 Å². The zero-order valence-corrected chi connectivity index (χ0v) is 26.0. The minimum absolute atomic E-state index is 0. The summed E-state index contributed by atoms with van der Waals surface area (Å²) in [6.45, 7) is 0.150. The molecule has 200 valence electrons. The van der Waals surface area contributed by atoms with Gasteiger partial charge < -0.3 is 15.3 Å². The van der Waals surface area contributed by atoms with E-state index in [1.54, 1.807) is 17.0 Å². The average molecular weight is 599 g/mol. The van der Waals surface area contributed by atoms with Gasteiger partial charge in [-0.2, -0.15) is 8.42 Å². The van der Waals surface area contributed by atoms with E-state index in [1.807, 2.05) is 0 Å². The van der Waals surface area contributed by atoms with Crippen molar-refractivity contribution in [1.82, 2.24) is 4.90 Å². The van der Waals surface area contributed by atoms with Crippen molar-refractivity contribution in [3.63, 3.8) is 0 Å². The van der Waals surface area contributed by atoms with Gasteiger partial charge >= 0.3 is 51.4 Å². The second-order valence-electron chi connectivity index (χ2n) is 10.3. The van der Waals surface area contributed by atoms with Gasteiger partial charge in [-0.3, -0.25) is 9.52 Å². The number of hydrogen-bond acceptors (Lipinski definition) is 7. The summed E-state index contributed by atoms with van der Waals surface area (Å²) in [5, 5.41) is 16.6. The number of carbonyl (C=O) groups is 1. The molecule has 2 heterocycles. The third-order valence-corrected chi connectivity index (χ3v) is 9.71. The molecule has 0 unspecified atom stereocenters. The first-order valence-electron chi connectivity index (χ1n) is 12.1. The van der Waals surface area contributed by atoms with Gasteiger partial charge in [0.05, 0.1) is 17.5 Å². The molecular weight excluding hydrogens is 575 g/mol. The van der Waals surface area contributed by atoms with Gasteiger partial charge in [-0.15, -0.1) is 10.2 Å². The molecule has 10 nitrogen and oxygen atoms in total. The van der Waals surface area contributed by atoms with Crippen LogP contribution in [-0.4, -0.2) is 45.8 Å². The molecule has 2 fully saturated rings. The molecule has 2 N–H and O–H groups in total. The van der Waals surface area contributed by atoms with Crippen molar-refractivity contribution in [2.75, 3.05) is 16.3 Å². The maximum atomic E-state index is 13.9. The Kier molecular flexibility index (Phi) is 7.53. The molecule has 14 heteroatoms. The van der Waals surface area contributed by atoms with Gasteiger partial charge in [0.15, 0.2) is 5.84 Å². The predicted octanol–water partition coefficient (Wildman–Crippen LogP) is -1.21. The summed E-state index contributed by atoms with van der Waals surface area (Å²) < 4.78 is 68.9. The monoisotopic (exact) mass is 598 g/mol. The molecule has 4 atom stereocenters. The maximum absolute atomic E-state index is 13.9. The smallest absolute Gasteiger partial charge is 0.875 e. The topological polar surface area (TPSA) is 148 Å². The Balaban J connectivity index is 0.00000308. The van der Waals surface area contributed by atoms with Gasteiger partial charge in [-0.1, -0.05) is 12.1 Å². The number of hydrogen-bond donors (Lipinski definition) is 2. The Labute approximate surface area is 268 Å². The Morgan fingerprint density at radius 2 is 1.85 bits per heavy atom. The van der Waals surface area contributed by atoms with E-state index in [0.29, 0.717) is 5.56 Å². The summed E-state index contributed by atoms with van der Waals surface area (Å²) in [4.78, 5) is 15.2. The molecule has 0 saturated heterocycles. The summed E-state index contributed by atoms with van der Waals surface area (Å²) in [5.74, 6) is -1.98. The second-order valence-corrected chi connectivity index (χ2v) is 13.6. The van der Waals surface area contributed by atoms with Crippen LogP contribution in [0.15, 0.2) is 63.1 Å². The molecular formula is C25H24FKN4O6S2. The van der Waals surface area contributed by atoms with Crippen molar-refractivity contribution in [2.24, 2.45) is 22.2 Å². The number of anilines is 2. The minimum Gasteiger partial charge on any atom is -0.875 e. The molecule has 2 aromatic rings. The number of rotatable bonds is 5. The van der Waals surface area contributed by atoms with E-state index >= 15 is 0 Å². The molecule has 0 radical (unpaired) electrons. The Morgan fingerprint density at radius 3 is 2.54 bits per heavy atom. The standard InChI is InChI=1S/C25H25FN4O6S2.K/c1-37(33,34)28-17-8-9-18-19(11-17)38(35,36)29-24(27-18)21-23(31)20-14-4-5-15(10-14)22(20)30(25(21)32)12-13-2-6-16(26)7-3-13;/h2-3,6-9,11,14-15,20,22,28,31H,4-5,10,12H2,1H3,(H,27,29);/q;+1/p-1/t14-,15-,20-,22+;/m1./s1. The van der Waals surface area contributed by atoms with Gasteiger partial charge in [0.2, 0.25) is 10.0 Å². The molecule has 2 saturated carbocycles. The number of nitrogens with one attached hydrogen (secondary N) is 2. The predicted molar refractivity (Wildman–Crippen MR) is 135 cm³/mol. The fourth-order valence-electron chi connectivity index (χ4n) is 6.36. The van der Waals surface area contributed by atoms with Crippen LogP contribution in [0.1, 0.15) is 24.8 Å². The largest absolute Gasteiger partial charge is 1.00 e. The van der Waals surface area contributed by atoms with Crippen LogP contribution >= 0.6 is 0 Å². The minimum atomic E-state index is -4.37. The fraction of sp³-hybridized carbons (Fsp3) is 0.360. The summed E-state index contributed by atoms with van der Waals surface area (Å²) >= 11 is 0. The molecule has 4 aliphatic rings. The molecule has 2 aliphatic carbocycles. The first-order chi connectivity index (χ1) is 17.9. The van der Waals surface area contributed by atoms with Gasteiger partial charge in [0, 0.05) is 18.3 Å². The summed E-state index contributed by atoms with van der Waals surface area (Å²) in [6, 6.07) is 9.32. The first-order valence-corrected chi connectivity index (χ1v) is 15.5. The SMILES string of the molecule is CS(=O)(=O)Nc1ccc2c(c1)S(=O)(=O)N=C(C1=C([O-])[C@@H]3[C@@H]4CC[C@H](C4)[C@@H]3N(Cc3ccc(F)cc3)C1=O)N2.[K+]. The zero-order chi connectivity index (χ0) is 27.0. The van der Waals surface area contributed by atoms with E-state index in [-0.39, 0.29) is 103 Å². The van der Waals surface area contributed by atoms with Gasteiger partial charge in [0.25, 0.3) is 15.9 Å². The average Bonchev–Trinajstić information content (AvgIpc) is 3.45. The van der Waals surface area contributed by atoms with Crippen molar-refractivity contribution < 1.29 is 82.5 Å². The molecule has 39 heavy (non-hydrogen) atoms. The number of sulfonamides is 2. The van der Waals surface area contributed by atoms with Crippen LogP contribution in [-0.2, 0) is 31.4 Å². The van der Waals surface area contributed by atoms with E-state index in [0.717, 1.165) is 31.6 Å². The van der Waals surface area contributed by atoms with E-state index in [2.05, 4.69) is 14.4 Å². The van der Waals surface area contributed by atoms with Crippen LogP contribution in [0.3, 0.4) is 0 Å². The molecule has 2 aromatic carbocycles. The van der Waals surface area contributed by atoms with Crippen molar-refractivity contribution in [3.05, 3.63) is 65.2 Å². The third-order valence-electron chi connectivity index (χ3n) is 7.79. The van der Waals surface area contributed by atoms with Crippen LogP contribution < -0.4 is 66.5 Å². The third kappa shape index (κ3) is 5.20. The number of amidine groups is 1. The Bertz CT molecular complexity index is 1640. The number of amides is 1. The van der Waals surface area contributed by atoms with Crippen molar-refractivity contribution in [3.8, 4) is 0 Å². The number of benzene rings is 2. The summed E-state index contributed by atoms with van der Waals surface area (Å²) in [5.41, 5.74) is 0.483. The van der Waals surface area contributed by atoms with E-state index in [4.69, 9.17) is 0 Å². The molecule has 2 aliphatic heterocycles. The van der Waals surface area contributed by atoms with Gasteiger partial charge in [0.1, 0.15) is 10.7 Å². The maximum Gasteiger partial charge on any atom is 1.00 e. The number of fused-ring (bicyclic) bond motifs is 6. The zero-order valence-electron chi connectivity index (χ0n) is 21.2. The van der Waals surface area contributed by atoms with Crippen LogP contribution in [0, 0.1) is 23.6 Å². The first kappa shape index (κ1) is 28.7. The van der Waals surface area contributed by atoms with Crippen molar-refractivity contribution in [2.45, 2.75) is 36.7 Å². The number of nitrogens with zero attached hydrogens (tertiary/aromatic N) is 2. The second kappa shape index (κ2) is 10.2. The summed E-state index contributed by atoms with van der Waals surface area (Å²) in [6.07, 6.45) is 3.53. The quantitative estimate of drug-likeness (QED) is 0.410. The van der Waals surface area contributed by atoms with Crippen LogP contribution in [0.5, 0.6) is 0 Å². The van der Waals surface area contributed by atoms with E-state index < -0.39 is 43.4 Å².